The van der Waals surface area contributed by atoms with Gasteiger partial charge in [-0.3, -0.25) is 9.69 Å². The topological polar surface area (TPSA) is 91.5 Å². The van der Waals surface area contributed by atoms with E-state index in [4.69, 9.17) is 9.47 Å². The Bertz CT molecular complexity index is 1310. The summed E-state index contributed by atoms with van der Waals surface area (Å²) in [5, 5.41) is 18.2. The van der Waals surface area contributed by atoms with E-state index in [2.05, 4.69) is 58.0 Å². The van der Waals surface area contributed by atoms with Crippen LogP contribution >= 0.6 is 0 Å². The van der Waals surface area contributed by atoms with E-state index in [-0.39, 0.29) is 11.5 Å². The molecule has 2 N–H and O–H groups in total. The van der Waals surface area contributed by atoms with Crippen LogP contribution in [-0.2, 0) is 21.3 Å². The number of nitrogens with one attached hydrogen (secondary N) is 2. The number of benzene rings is 2. The van der Waals surface area contributed by atoms with Gasteiger partial charge in [0.1, 0.15) is 11.6 Å². The lowest BCUT2D eigenvalue weighted by Crippen LogP contribution is -2.38. The maximum atomic E-state index is 12.5. The highest BCUT2D eigenvalue weighted by Crippen LogP contribution is 2.30. The van der Waals surface area contributed by atoms with Crippen LogP contribution in [0.15, 0.2) is 54.1 Å². The highest BCUT2D eigenvalue weighted by Gasteiger charge is 2.17. The molecule has 1 aliphatic rings. The van der Waals surface area contributed by atoms with E-state index in [0.717, 1.165) is 67.4 Å². The first kappa shape index (κ1) is 26.4. The third kappa shape index (κ3) is 6.38. The number of carbonyl (C=O) groups excluding carboxylic acids is 1. The lowest BCUT2D eigenvalue weighted by Gasteiger charge is -2.26. The van der Waals surface area contributed by atoms with Gasteiger partial charge in [-0.1, -0.05) is 18.2 Å². The normalized spacial score (nSPS) is 14.8. The largest absolute Gasteiger partial charge is 0.384 e. The number of amides is 1. The van der Waals surface area contributed by atoms with Crippen LogP contribution in [0.2, 0.25) is 0 Å². The molecule has 2 heterocycles. The van der Waals surface area contributed by atoms with E-state index < -0.39 is 0 Å². The van der Waals surface area contributed by atoms with Crippen molar-refractivity contribution in [3.05, 3.63) is 59.8 Å². The lowest BCUT2D eigenvalue weighted by molar-refractivity contribution is -0.117. The molecule has 0 atom stereocenters. The van der Waals surface area contributed by atoms with Crippen LogP contribution < -0.4 is 10.6 Å². The summed E-state index contributed by atoms with van der Waals surface area (Å²) in [4.78, 5) is 14.9. The van der Waals surface area contributed by atoms with Crippen LogP contribution in [0, 0.1) is 11.3 Å². The number of anilines is 1. The third-order valence-electron chi connectivity index (χ3n) is 6.81. The number of hydrogen-bond donors (Lipinski definition) is 2. The Kier molecular flexibility index (Phi) is 8.96. The molecule has 37 heavy (non-hydrogen) atoms. The zero-order valence-electron chi connectivity index (χ0n) is 21.8. The number of carbonyl (C=O) groups is 1. The SMILES string of the molecule is COCCNC(=O)/C(C#N)=C(\C)c1ccc(-c2ccc3cc(NCCN4CCOCC4)ccc3c2)n1C. The van der Waals surface area contributed by atoms with Gasteiger partial charge in [0.2, 0.25) is 0 Å². The maximum Gasteiger partial charge on any atom is 0.262 e. The van der Waals surface area contributed by atoms with Gasteiger partial charge in [-0.2, -0.15) is 5.26 Å². The summed E-state index contributed by atoms with van der Waals surface area (Å²) in [6.45, 7) is 8.10. The predicted octanol–water partition coefficient (Wildman–Crippen LogP) is 3.65. The van der Waals surface area contributed by atoms with Gasteiger partial charge >= 0.3 is 0 Å². The average molecular weight is 502 g/mol. The molecule has 0 bridgehead atoms. The summed E-state index contributed by atoms with van der Waals surface area (Å²) >= 11 is 0. The average Bonchev–Trinajstić information content (AvgIpc) is 3.30. The number of aromatic nitrogens is 1. The molecule has 4 rings (SSSR count). The molecule has 194 valence electrons. The summed E-state index contributed by atoms with van der Waals surface area (Å²) in [5.41, 5.74) is 4.78. The molecule has 1 saturated heterocycles. The second kappa shape index (κ2) is 12.5. The van der Waals surface area contributed by atoms with Crippen molar-refractivity contribution in [3.63, 3.8) is 0 Å². The zero-order valence-corrected chi connectivity index (χ0v) is 21.8. The van der Waals surface area contributed by atoms with Crippen LogP contribution in [-0.4, -0.2) is 75.0 Å². The number of nitriles is 1. The molecule has 0 saturated carbocycles. The molecule has 3 aromatic rings. The molecule has 0 radical (unpaired) electrons. The fourth-order valence-electron chi connectivity index (χ4n) is 4.66. The molecular weight excluding hydrogens is 466 g/mol. The smallest absolute Gasteiger partial charge is 0.262 e. The van der Waals surface area contributed by atoms with E-state index >= 15 is 0 Å². The Morgan fingerprint density at radius 2 is 1.84 bits per heavy atom. The number of nitrogens with zero attached hydrogens (tertiary/aromatic N) is 3. The van der Waals surface area contributed by atoms with Gasteiger partial charge in [-0.15, -0.1) is 0 Å². The number of rotatable bonds is 10. The Morgan fingerprint density at radius 3 is 2.59 bits per heavy atom. The second-order valence-corrected chi connectivity index (χ2v) is 9.18. The van der Waals surface area contributed by atoms with Gasteiger partial charge in [-0.25, -0.2) is 0 Å². The molecule has 1 fully saturated rings. The monoisotopic (exact) mass is 501 g/mol. The Balaban J connectivity index is 1.49. The minimum absolute atomic E-state index is 0.107. The Labute approximate surface area is 218 Å². The van der Waals surface area contributed by atoms with Crippen molar-refractivity contribution >= 4 is 27.9 Å². The van der Waals surface area contributed by atoms with Gasteiger partial charge in [-0.05, 0) is 59.2 Å². The molecule has 2 aromatic carbocycles. The summed E-state index contributed by atoms with van der Waals surface area (Å²) in [7, 11) is 3.53. The van der Waals surface area contributed by atoms with Crippen molar-refractivity contribution in [2.75, 3.05) is 65.0 Å². The van der Waals surface area contributed by atoms with Crippen LogP contribution in [0.1, 0.15) is 12.6 Å². The molecule has 0 spiro atoms. The van der Waals surface area contributed by atoms with Crippen LogP contribution in [0.4, 0.5) is 5.69 Å². The maximum absolute atomic E-state index is 12.5. The number of fused-ring (bicyclic) bond motifs is 1. The van der Waals surface area contributed by atoms with Gasteiger partial charge in [0, 0.05) is 64.0 Å². The Hall–Kier alpha value is -3.64. The third-order valence-corrected chi connectivity index (χ3v) is 6.81. The highest BCUT2D eigenvalue weighted by molar-refractivity contribution is 6.04. The first-order chi connectivity index (χ1) is 18.0. The number of morpholine rings is 1. The highest BCUT2D eigenvalue weighted by atomic mass is 16.5. The molecule has 1 aliphatic heterocycles. The first-order valence-electron chi connectivity index (χ1n) is 12.6. The molecule has 8 nitrogen and oxygen atoms in total. The quantitative estimate of drug-likeness (QED) is 0.250. The summed E-state index contributed by atoms with van der Waals surface area (Å²) < 4.78 is 12.4. The van der Waals surface area contributed by atoms with Crippen molar-refractivity contribution in [2.24, 2.45) is 7.05 Å². The van der Waals surface area contributed by atoms with Crippen molar-refractivity contribution in [1.82, 2.24) is 14.8 Å². The Morgan fingerprint density at radius 1 is 1.08 bits per heavy atom. The second-order valence-electron chi connectivity index (χ2n) is 9.18. The van der Waals surface area contributed by atoms with Crippen LogP contribution in [0.3, 0.4) is 0 Å². The van der Waals surface area contributed by atoms with E-state index in [1.54, 1.807) is 7.11 Å². The zero-order chi connectivity index (χ0) is 26.2. The molecule has 0 aliphatic carbocycles. The molecule has 0 unspecified atom stereocenters. The minimum Gasteiger partial charge on any atom is -0.384 e. The summed E-state index contributed by atoms with van der Waals surface area (Å²) in [5.74, 6) is -0.389. The van der Waals surface area contributed by atoms with E-state index in [1.807, 2.05) is 30.7 Å². The van der Waals surface area contributed by atoms with Gasteiger partial charge in [0.15, 0.2) is 0 Å². The van der Waals surface area contributed by atoms with E-state index in [1.165, 1.54) is 5.39 Å². The molecule has 1 amide bonds. The van der Waals surface area contributed by atoms with Gasteiger partial charge in [0.25, 0.3) is 5.91 Å². The molecule has 8 heteroatoms. The van der Waals surface area contributed by atoms with Gasteiger partial charge in [0.05, 0.1) is 19.8 Å². The fourth-order valence-corrected chi connectivity index (χ4v) is 4.66. The number of methoxy groups -OCH3 is 1. The molecule has 1 aromatic heterocycles. The van der Waals surface area contributed by atoms with E-state index in [9.17, 15) is 10.1 Å². The summed E-state index contributed by atoms with van der Waals surface area (Å²) in [6, 6.07) is 18.9. The van der Waals surface area contributed by atoms with Crippen molar-refractivity contribution in [2.45, 2.75) is 6.92 Å². The number of ether oxygens (including phenoxy) is 2. The number of allylic oxidation sites excluding steroid dienone is 1. The predicted molar refractivity (Wildman–Crippen MR) is 147 cm³/mol. The summed E-state index contributed by atoms with van der Waals surface area (Å²) in [6.07, 6.45) is 0. The standard InChI is InChI=1S/C29H35N5O3/c1-21(26(20-30)29(35)32-11-15-36-3)27-8-9-28(33(27)2)24-5-4-23-19-25(7-6-22(23)18-24)31-10-12-34-13-16-37-17-14-34/h4-9,18-19,31H,10-17H2,1-3H3,(H,32,35)/b26-21+. The van der Waals surface area contributed by atoms with Crippen LogP contribution in [0.25, 0.3) is 27.6 Å². The fraction of sp³-hybridized carbons (Fsp3) is 0.379. The van der Waals surface area contributed by atoms with E-state index in [0.29, 0.717) is 18.7 Å². The van der Waals surface area contributed by atoms with Gasteiger partial charge < -0.3 is 24.7 Å². The van der Waals surface area contributed by atoms with Crippen molar-refractivity contribution < 1.29 is 14.3 Å². The number of hydrogen-bond acceptors (Lipinski definition) is 6. The molecular formula is C29H35N5O3. The van der Waals surface area contributed by atoms with Crippen LogP contribution in [0.5, 0.6) is 0 Å². The lowest BCUT2D eigenvalue weighted by atomic mass is 10.0. The van der Waals surface area contributed by atoms with Crippen molar-refractivity contribution in [1.29, 1.82) is 5.26 Å². The minimum atomic E-state index is -0.389. The van der Waals surface area contributed by atoms with Crippen molar-refractivity contribution in [3.8, 4) is 17.3 Å². The first-order valence-corrected chi connectivity index (χ1v) is 12.6.